The van der Waals surface area contributed by atoms with Crippen molar-refractivity contribution in [3.8, 4) is 5.75 Å². The zero-order chi connectivity index (χ0) is 18.6. The summed E-state index contributed by atoms with van der Waals surface area (Å²) in [7, 11) is 0. The van der Waals surface area contributed by atoms with Gasteiger partial charge in [0.15, 0.2) is 0 Å². The number of nitrogens with zero attached hydrogens (tertiary/aromatic N) is 1. The number of benzene rings is 2. The van der Waals surface area contributed by atoms with Crippen LogP contribution in [-0.2, 0) is 6.42 Å². The fraction of sp³-hybridized carbons (Fsp3) is 0.143. The minimum absolute atomic E-state index is 0.0948. The van der Waals surface area contributed by atoms with Crippen molar-refractivity contribution in [2.45, 2.75) is 12.5 Å². The number of nitrogens with one attached hydrogen (secondary N) is 2. The quantitative estimate of drug-likeness (QED) is 0.726. The Kier molecular flexibility index (Phi) is 4.70. The van der Waals surface area contributed by atoms with Gasteiger partial charge in [0.05, 0.1) is 12.1 Å². The molecule has 0 spiro atoms. The van der Waals surface area contributed by atoms with E-state index in [2.05, 4.69) is 15.6 Å². The number of para-hydroxylation sites is 1. The topological polar surface area (TPSA) is 63.2 Å². The molecule has 2 aromatic carbocycles. The summed E-state index contributed by atoms with van der Waals surface area (Å²) in [5.41, 5.74) is 2.06. The largest absolute Gasteiger partial charge is 0.488 e. The van der Waals surface area contributed by atoms with Crippen molar-refractivity contribution in [3.05, 3.63) is 83.8 Å². The molecule has 0 fully saturated rings. The van der Waals surface area contributed by atoms with Gasteiger partial charge in [0.2, 0.25) is 0 Å². The first kappa shape index (κ1) is 17.0. The molecule has 0 radical (unpaired) electrons. The smallest absolute Gasteiger partial charge is 0.255 e. The number of halogens is 1. The average Bonchev–Trinajstić information content (AvgIpc) is 3.09. The molecule has 1 unspecified atom stereocenters. The molecule has 1 aromatic heterocycles. The molecular weight excluding hydrogens is 345 g/mol. The van der Waals surface area contributed by atoms with Gasteiger partial charge in [-0.3, -0.25) is 4.79 Å². The summed E-state index contributed by atoms with van der Waals surface area (Å²) >= 11 is 0. The molecule has 1 atom stereocenters. The second-order valence-corrected chi connectivity index (χ2v) is 6.30. The molecule has 3 aromatic rings. The third kappa shape index (κ3) is 3.89. The van der Waals surface area contributed by atoms with Gasteiger partial charge in [-0.05, 0) is 42.0 Å². The number of anilines is 2. The number of carbonyl (C=O) groups excluding carboxylic acids is 1. The van der Waals surface area contributed by atoms with E-state index in [1.807, 2.05) is 24.3 Å². The van der Waals surface area contributed by atoms with Gasteiger partial charge < -0.3 is 15.4 Å². The monoisotopic (exact) mass is 363 g/mol. The first-order valence-corrected chi connectivity index (χ1v) is 8.69. The molecule has 1 aliphatic rings. The van der Waals surface area contributed by atoms with E-state index in [9.17, 15) is 9.18 Å². The summed E-state index contributed by atoms with van der Waals surface area (Å²) in [5, 5.41) is 5.89. The third-order valence-corrected chi connectivity index (χ3v) is 4.34. The Labute approximate surface area is 156 Å². The van der Waals surface area contributed by atoms with Gasteiger partial charge in [-0.1, -0.05) is 24.3 Å². The normalized spacial score (nSPS) is 14.9. The van der Waals surface area contributed by atoms with Crippen LogP contribution in [0.5, 0.6) is 5.75 Å². The molecule has 27 heavy (non-hydrogen) atoms. The summed E-state index contributed by atoms with van der Waals surface area (Å²) in [5.74, 6) is 0.615. The highest BCUT2D eigenvalue weighted by atomic mass is 19.1. The molecule has 0 aliphatic carbocycles. The molecule has 6 heteroatoms. The number of pyridine rings is 1. The lowest BCUT2D eigenvalue weighted by Crippen LogP contribution is -2.34. The Bertz CT molecular complexity index is 952. The van der Waals surface area contributed by atoms with Crippen molar-refractivity contribution in [1.82, 2.24) is 10.3 Å². The van der Waals surface area contributed by atoms with Crippen molar-refractivity contribution in [3.63, 3.8) is 0 Å². The highest BCUT2D eigenvalue weighted by Crippen LogP contribution is 2.27. The summed E-state index contributed by atoms with van der Waals surface area (Å²) in [4.78, 5) is 16.8. The van der Waals surface area contributed by atoms with Crippen molar-refractivity contribution in [2.75, 3.05) is 11.9 Å². The Morgan fingerprint density at radius 1 is 1.15 bits per heavy atom. The lowest BCUT2D eigenvalue weighted by molar-refractivity contribution is 0.0934. The average molecular weight is 363 g/mol. The van der Waals surface area contributed by atoms with E-state index in [1.54, 1.807) is 30.5 Å². The maximum Gasteiger partial charge on any atom is 0.255 e. The van der Waals surface area contributed by atoms with Crippen LogP contribution in [0.2, 0.25) is 0 Å². The first-order chi connectivity index (χ1) is 13.2. The maximum absolute atomic E-state index is 13.4. The van der Waals surface area contributed by atoms with E-state index in [-0.39, 0.29) is 17.8 Å². The van der Waals surface area contributed by atoms with Gasteiger partial charge in [0.1, 0.15) is 23.5 Å². The van der Waals surface area contributed by atoms with E-state index < -0.39 is 0 Å². The van der Waals surface area contributed by atoms with Crippen molar-refractivity contribution >= 4 is 17.4 Å². The summed E-state index contributed by atoms with van der Waals surface area (Å²) in [6.45, 7) is 0.391. The van der Waals surface area contributed by atoms with Crippen LogP contribution in [0.4, 0.5) is 15.9 Å². The fourth-order valence-corrected chi connectivity index (χ4v) is 3.06. The second kappa shape index (κ2) is 7.45. The van der Waals surface area contributed by atoms with Crippen molar-refractivity contribution in [2.24, 2.45) is 0 Å². The van der Waals surface area contributed by atoms with E-state index >= 15 is 0 Å². The highest BCUT2D eigenvalue weighted by Gasteiger charge is 2.23. The Hall–Kier alpha value is -3.41. The number of carbonyl (C=O) groups is 1. The molecule has 0 saturated carbocycles. The molecule has 4 rings (SSSR count). The predicted molar refractivity (Wildman–Crippen MR) is 101 cm³/mol. The van der Waals surface area contributed by atoms with Crippen LogP contribution in [0.25, 0.3) is 0 Å². The lowest BCUT2D eigenvalue weighted by Gasteiger charge is -2.14. The molecular formula is C21H18FN3O2. The molecule has 1 amide bonds. The summed E-state index contributed by atoms with van der Waals surface area (Å²) in [6.07, 6.45) is 2.25. The van der Waals surface area contributed by atoms with Crippen LogP contribution in [0, 0.1) is 5.82 Å². The maximum atomic E-state index is 13.4. The molecule has 1 aliphatic heterocycles. The van der Waals surface area contributed by atoms with Crippen molar-refractivity contribution < 1.29 is 13.9 Å². The Balaban J connectivity index is 1.42. The molecule has 2 heterocycles. The molecule has 2 N–H and O–H groups in total. The molecule has 5 nitrogen and oxygen atoms in total. The number of aromatic nitrogens is 1. The van der Waals surface area contributed by atoms with Crippen LogP contribution in [0.1, 0.15) is 15.9 Å². The van der Waals surface area contributed by atoms with E-state index in [0.717, 1.165) is 17.7 Å². The van der Waals surface area contributed by atoms with Crippen molar-refractivity contribution in [1.29, 1.82) is 0 Å². The van der Waals surface area contributed by atoms with E-state index in [1.165, 1.54) is 12.1 Å². The van der Waals surface area contributed by atoms with E-state index in [4.69, 9.17) is 4.74 Å². The first-order valence-electron chi connectivity index (χ1n) is 8.69. The van der Waals surface area contributed by atoms with Gasteiger partial charge in [-0.25, -0.2) is 9.37 Å². The van der Waals surface area contributed by atoms with Gasteiger partial charge in [-0.2, -0.15) is 0 Å². The minimum atomic E-state index is -0.361. The standard InChI is InChI=1S/C21H18FN3O2/c22-15-6-3-7-16(12-15)25-20-18(8-4-10-23-20)21(26)24-13-17-11-14-5-1-2-9-19(14)27-17/h1-10,12,17H,11,13H2,(H,23,25)(H,24,26). The second-order valence-electron chi connectivity index (χ2n) is 6.30. The van der Waals surface area contributed by atoms with Gasteiger partial charge in [-0.15, -0.1) is 0 Å². The Morgan fingerprint density at radius 3 is 2.89 bits per heavy atom. The summed E-state index contributed by atoms with van der Waals surface area (Å²) < 4.78 is 19.2. The molecule has 136 valence electrons. The van der Waals surface area contributed by atoms with Crippen LogP contribution in [0.15, 0.2) is 66.9 Å². The highest BCUT2D eigenvalue weighted by molar-refractivity contribution is 5.99. The van der Waals surface area contributed by atoms with Crippen LogP contribution in [-0.4, -0.2) is 23.5 Å². The van der Waals surface area contributed by atoms with Gasteiger partial charge >= 0.3 is 0 Å². The SMILES string of the molecule is O=C(NCC1Cc2ccccc2O1)c1cccnc1Nc1cccc(F)c1. The van der Waals surface area contributed by atoms with Crippen LogP contribution < -0.4 is 15.4 Å². The lowest BCUT2D eigenvalue weighted by atomic mass is 10.1. The van der Waals surface area contributed by atoms with Gasteiger partial charge in [0, 0.05) is 18.3 Å². The number of hydrogen-bond acceptors (Lipinski definition) is 4. The molecule has 0 bridgehead atoms. The number of amides is 1. The zero-order valence-corrected chi connectivity index (χ0v) is 14.5. The van der Waals surface area contributed by atoms with E-state index in [0.29, 0.717) is 23.6 Å². The minimum Gasteiger partial charge on any atom is -0.488 e. The predicted octanol–water partition coefficient (Wildman–Crippen LogP) is 3.70. The van der Waals surface area contributed by atoms with Crippen LogP contribution >= 0.6 is 0 Å². The molecule has 0 saturated heterocycles. The number of hydrogen-bond donors (Lipinski definition) is 2. The van der Waals surface area contributed by atoms with Crippen LogP contribution in [0.3, 0.4) is 0 Å². The van der Waals surface area contributed by atoms with Gasteiger partial charge in [0.25, 0.3) is 5.91 Å². The number of rotatable bonds is 5. The summed E-state index contributed by atoms with van der Waals surface area (Å²) in [6, 6.07) is 17.2. The zero-order valence-electron chi connectivity index (χ0n) is 14.5. The Morgan fingerprint density at radius 2 is 2.04 bits per heavy atom. The fourth-order valence-electron chi connectivity index (χ4n) is 3.06. The number of fused-ring (bicyclic) bond motifs is 1. The number of ether oxygens (including phenoxy) is 1. The third-order valence-electron chi connectivity index (χ3n) is 4.34.